The van der Waals surface area contributed by atoms with E-state index in [-0.39, 0.29) is 10.5 Å². The summed E-state index contributed by atoms with van der Waals surface area (Å²) in [6.07, 6.45) is 3.15. The summed E-state index contributed by atoms with van der Waals surface area (Å²) in [7, 11) is 0. The molecule has 0 saturated carbocycles. The van der Waals surface area contributed by atoms with Crippen LogP contribution < -0.4 is 0 Å². The lowest BCUT2D eigenvalue weighted by Crippen LogP contribution is -2.00. The number of halogens is 3. The van der Waals surface area contributed by atoms with Crippen molar-refractivity contribution in [1.82, 2.24) is 0 Å². The highest BCUT2D eigenvalue weighted by atomic mass is 35.5. The maximum atomic E-state index is 10.3. The smallest absolute Gasteiger partial charge is 0.330 e. The molecule has 0 aromatic heterocycles. The summed E-state index contributed by atoms with van der Waals surface area (Å²) in [4.78, 5) is 10.3. The first kappa shape index (κ1) is 20.9. The number of esters is 1. The van der Waals surface area contributed by atoms with E-state index in [1.807, 2.05) is 6.92 Å². The zero-order chi connectivity index (χ0) is 13.4. The number of carbonyl (C=O) groups excluding carboxylic acids is 1. The van der Waals surface area contributed by atoms with Crippen molar-refractivity contribution >= 4 is 40.8 Å². The molecule has 0 fully saturated rings. The maximum Gasteiger partial charge on any atom is 0.330 e. The quantitative estimate of drug-likeness (QED) is 0.421. The largest absolute Gasteiger partial charge is 0.463 e. The lowest BCUT2D eigenvalue weighted by molar-refractivity contribution is -0.137. The molecule has 0 heterocycles. The van der Waals surface area contributed by atoms with Gasteiger partial charge in [0.2, 0.25) is 0 Å². The Labute approximate surface area is 113 Å². The van der Waals surface area contributed by atoms with E-state index in [4.69, 9.17) is 34.8 Å². The van der Waals surface area contributed by atoms with Gasteiger partial charge >= 0.3 is 5.97 Å². The van der Waals surface area contributed by atoms with Gasteiger partial charge in [-0.2, -0.15) is 0 Å². The predicted octanol–water partition coefficient (Wildman–Crippen LogP) is 4.82. The van der Waals surface area contributed by atoms with E-state index in [1.165, 1.54) is 11.6 Å². The van der Waals surface area contributed by atoms with E-state index >= 15 is 0 Å². The molecule has 0 amide bonds. The van der Waals surface area contributed by atoms with Crippen molar-refractivity contribution in [2.75, 3.05) is 6.61 Å². The van der Waals surface area contributed by atoms with Gasteiger partial charge in [0.25, 0.3) is 0 Å². The van der Waals surface area contributed by atoms with Crippen LogP contribution in [0.5, 0.6) is 0 Å². The summed E-state index contributed by atoms with van der Waals surface area (Å²) in [5.74, 6) is -0.330. The van der Waals surface area contributed by atoms with E-state index in [9.17, 15) is 4.79 Å². The Balaban J connectivity index is -0.000000201. The molecule has 94 valence electrons. The summed E-state index contributed by atoms with van der Waals surface area (Å²) in [5.41, 5.74) is 1.22. The fourth-order valence-corrected chi connectivity index (χ4v) is 0.376. The van der Waals surface area contributed by atoms with Gasteiger partial charge in [0.05, 0.1) is 11.1 Å². The molecule has 0 aliphatic rings. The highest BCUT2D eigenvalue weighted by Crippen LogP contribution is 1.98. The number of ether oxygens (including phenoxy) is 1. The maximum absolute atomic E-state index is 10.3. The molecule has 0 unspecified atom stereocenters. The van der Waals surface area contributed by atoms with Crippen LogP contribution in [0.3, 0.4) is 0 Å². The van der Waals surface area contributed by atoms with Crippen LogP contribution in [0.15, 0.2) is 35.8 Å². The van der Waals surface area contributed by atoms with Gasteiger partial charge in [-0.05, 0) is 12.0 Å². The summed E-state index contributed by atoms with van der Waals surface area (Å²) >= 11 is 14.5. The third-order valence-corrected chi connectivity index (χ3v) is 0.909. The van der Waals surface area contributed by atoms with Crippen LogP contribution in [0.2, 0.25) is 0 Å². The van der Waals surface area contributed by atoms with Crippen molar-refractivity contribution in [3.8, 4) is 0 Å². The number of carbonyl (C=O) groups is 1. The third-order valence-electron chi connectivity index (χ3n) is 0.909. The fraction of sp³-hybridized carbons (Fsp3) is 0.364. The minimum Gasteiger partial charge on any atom is -0.463 e. The Hall–Kier alpha value is -0.440. The highest BCUT2D eigenvalue weighted by molar-refractivity contribution is 6.55. The van der Waals surface area contributed by atoms with Crippen molar-refractivity contribution in [2.45, 2.75) is 19.8 Å². The monoisotopic (exact) mass is 286 g/mol. The molecule has 0 spiro atoms. The second kappa shape index (κ2) is 20.0. The molecule has 0 aliphatic carbocycles. The number of unbranched alkanes of at least 4 members (excludes halogenated alkanes) is 1. The van der Waals surface area contributed by atoms with Crippen molar-refractivity contribution in [3.05, 3.63) is 35.8 Å². The van der Waals surface area contributed by atoms with Gasteiger partial charge in [0.1, 0.15) is 0 Å². The first-order chi connectivity index (χ1) is 7.45. The molecule has 0 bridgehead atoms. The zero-order valence-electron chi connectivity index (χ0n) is 9.35. The van der Waals surface area contributed by atoms with Crippen LogP contribution in [-0.2, 0) is 9.53 Å². The van der Waals surface area contributed by atoms with Gasteiger partial charge in [-0.25, -0.2) is 4.79 Å². The summed E-state index contributed by atoms with van der Waals surface area (Å²) in [6.45, 7) is 12.0. The second-order valence-electron chi connectivity index (χ2n) is 2.22. The Bertz CT molecular complexity index is 199. The van der Waals surface area contributed by atoms with Crippen molar-refractivity contribution in [3.63, 3.8) is 0 Å². The van der Waals surface area contributed by atoms with Crippen molar-refractivity contribution in [2.24, 2.45) is 0 Å². The Morgan fingerprint density at radius 3 is 2.00 bits per heavy atom. The van der Waals surface area contributed by atoms with Crippen LogP contribution >= 0.6 is 34.8 Å². The standard InChI is InChI=1S/C7H12O2.C2H2Cl2.C2H3Cl/c1-3-5-6-9-7(8)4-2;1-2(3)4;1-2-3/h4H,2-3,5-6H2,1H3;1H2;2H,1H2. The van der Waals surface area contributed by atoms with Gasteiger partial charge in [0, 0.05) is 6.08 Å². The second-order valence-corrected chi connectivity index (χ2v) is 3.63. The highest BCUT2D eigenvalue weighted by Gasteiger charge is 1.91. The molecule has 0 aromatic carbocycles. The van der Waals surface area contributed by atoms with E-state index in [1.54, 1.807) is 0 Å². The minimum absolute atomic E-state index is 0.111. The van der Waals surface area contributed by atoms with Gasteiger partial charge in [0.15, 0.2) is 0 Å². The molecule has 5 heteroatoms. The van der Waals surface area contributed by atoms with E-state index in [2.05, 4.69) is 24.5 Å². The molecule has 2 nitrogen and oxygen atoms in total. The number of rotatable bonds is 4. The molecule has 0 saturated heterocycles. The molecule has 0 aliphatic heterocycles. The Kier molecular flexibility index (Phi) is 26.2. The molecular weight excluding hydrogens is 270 g/mol. The summed E-state index contributed by atoms with van der Waals surface area (Å²) in [6, 6.07) is 0. The summed E-state index contributed by atoms with van der Waals surface area (Å²) < 4.78 is 4.79. The SMILES string of the molecule is C=C(Cl)Cl.C=CC(=O)OCCCC.C=CCl. The zero-order valence-corrected chi connectivity index (χ0v) is 11.6. The molecule has 0 rings (SSSR count). The molecular formula is C11H17Cl3O2. The first-order valence-electron chi connectivity index (χ1n) is 4.46. The van der Waals surface area contributed by atoms with Gasteiger partial charge < -0.3 is 4.74 Å². The number of hydrogen-bond acceptors (Lipinski definition) is 2. The predicted molar refractivity (Wildman–Crippen MR) is 73.0 cm³/mol. The van der Waals surface area contributed by atoms with E-state index in [0.29, 0.717) is 6.61 Å². The van der Waals surface area contributed by atoms with E-state index in [0.717, 1.165) is 12.8 Å². The lowest BCUT2D eigenvalue weighted by atomic mass is 10.4. The minimum atomic E-state index is -0.330. The van der Waals surface area contributed by atoms with Crippen LogP contribution in [0.25, 0.3) is 0 Å². The average molecular weight is 288 g/mol. The molecule has 16 heavy (non-hydrogen) atoms. The summed E-state index contributed by atoms with van der Waals surface area (Å²) in [5, 5.41) is 0. The third kappa shape index (κ3) is 49.7. The molecule has 0 atom stereocenters. The molecule has 0 N–H and O–H groups in total. The van der Waals surface area contributed by atoms with Crippen LogP contribution in [0.4, 0.5) is 0 Å². The van der Waals surface area contributed by atoms with Crippen LogP contribution in [0.1, 0.15) is 19.8 Å². The Morgan fingerprint density at radius 2 is 1.75 bits per heavy atom. The van der Waals surface area contributed by atoms with E-state index < -0.39 is 0 Å². The van der Waals surface area contributed by atoms with Crippen molar-refractivity contribution < 1.29 is 9.53 Å². The fourth-order valence-electron chi connectivity index (χ4n) is 0.376. The van der Waals surface area contributed by atoms with Crippen LogP contribution in [0, 0.1) is 0 Å². The average Bonchev–Trinajstić information content (AvgIpc) is 2.18. The Morgan fingerprint density at radius 1 is 1.38 bits per heavy atom. The topological polar surface area (TPSA) is 26.3 Å². The van der Waals surface area contributed by atoms with Gasteiger partial charge in [-0.1, -0.05) is 67.9 Å². The van der Waals surface area contributed by atoms with Gasteiger partial charge in [-0.15, -0.1) is 0 Å². The van der Waals surface area contributed by atoms with Gasteiger partial charge in [-0.3, -0.25) is 0 Å². The van der Waals surface area contributed by atoms with Crippen LogP contribution in [-0.4, -0.2) is 12.6 Å². The molecule has 0 aromatic rings. The first-order valence-corrected chi connectivity index (χ1v) is 5.65. The van der Waals surface area contributed by atoms with Crippen molar-refractivity contribution in [1.29, 1.82) is 0 Å². The molecule has 0 radical (unpaired) electrons. The lowest BCUT2D eigenvalue weighted by Gasteiger charge is -1.97. The number of hydrogen-bond donors (Lipinski definition) is 0. The normalized spacial score (nSPS) is 7.25.